The van der Waals surface area contributed by atoms with E-state index in [2.05, 4.69) is 4.98 Å². The van der Waals surface area contributed by atoms with Gasteiger partial charge in [-0.05, 0) is 31.4 Å². The van der Waals surface area contributed by atoms with Gasteiger partial charge >= 0.3 is 0 Å². The Hall–Kier alpha value is -1.81. The van der Waals surface area contributed by atoms with E-state index in [9.17, 15) is 4.79 Å². The Labute approximate surface area is 112 Å². The molecule has 0 unspecified atom stereocenters. The van der Waals surface area contributed by atoms with Gasteiger partial charge in [-0.2, -0.15) is 0 Å². The molecule has 1 fully saturated rings. The third kappa shape index (κ3) is 2.24. The van der Waals surface area contributed by atoms with Gasteiger partial charge in [-0.15, -0.1) is 0 Å². The number of nitrogens with zero attached hydrogens (tertiary/aromatic N) is 1. The number of benzene rings is 1. The van der Waals surface area contributed by atoms with Crippen LogP contribution in [0, 0.1) is 0 Å². The normalized spacial score (nSPS) is 15.4. The summed E-state index contributed by atoms with van der Waals surface area (Å²) < 4.78 is 0. The number of carbonyl (C=O) groups is 1. The number of aromatic amines is 1. The van der Waals surface area contributed by atoms with Crippen molar-refractivity contribution in [2.24, 2.45) is 0 Å². The molecule has 19 heavy (non-hydrogen) atoms. The van der Waals surface area contributed by atoms with Crippen molar-refractivity contribution in [3.63, 3.8) is 0 Å². The highest BCUT2D eigenvalue weighted by Gasteiger charge is 2.29. The van der Waals surface area contributed by atoms with E-state index in [1.807, 2.05) is 30.3 Å². The molecule has 4 nitrogen and oxygen atoms in total. The molecule has 1 aliphatic rings. The van der Waals surface area contributed by atoms with Crippen molar-refractivity contribution in [2.45, 2.75) is 25.3 Å². The molecule has 0 aliphatic heterocycles. The minimum absolute atomic E-state index is 0.00468. The molecule has 1 heterocycles. The lowest BCUT2D eigenvalue weighted by atomic mass is 9.91. The number of para-hydroxylation sites is 1. The van der Waals surface area contributed by atoms with Gasteiger partial charge < -0.3 is 15.0 Å². The zero-order valence-electron chi connectivity index (χ0n) is 10.8. The van der Waals surface area contributed by atoms with E-state index in [4.69, 9.17) is 5.11 Å². The molecule has 0 radical (unpaired) electrons. The van der Waals surface area contributed by atoms with Crippen LogP contribution in [0.4, 0.5) is 0 Å². The second-order valence-corrected chi connectivity index (χ2v) is 5.08. The van der Waals surface area contributed by atoms with Crippen molar-refractivity contribution in [1.82, 2.24) is 9.88 Å². The van der Waals surface area contributed by atoms with E-state index in [0.717, 1.165) is 23.7 Å². The quantitative estimate of drug-likeness (QED) is 0.883. The second kappa shape index (κ2) is 5.05. The number of hydrogen-bond acceptors (Lipinski definition) is 2. The van der Waals surface area contributed by atoms with Crippen molar-refractivity contribution in [2.75, 3.05) is 13.2 Å². The monoisotopic (exact) mass is 258 g/mol. The highest BCUT2D eigenvalue weighted by molar-refractivity contribution is 5.98. The van der Waals surface area contributed by atoms with Crippen LogP contribution < -0.4 is 0 Å². The number of H-pyrrole nitrogens is 1. The van der Waals surface area contributed by atoms with Gasteiger partial charge in [-0.3, -0.25) is 4.79 Å². The van der Waals surface area contributed by atoms with Gasteiger partial charge in [0.1, 0.15) is 5.69 Å². The van der Waals surface area contributed by atoms with Gasteiger partial charge in [0.05, 0.1) is 6.61 Å². The topological polar surface area (TPSA) is 56.3 Å². The Morgan fingerprint density at radius 3 is 2.79 bits per heavy atom. The van der Waals surface area contributed by atoms with Gasteiger partial charge in [0.25, 0.3) is 5.91 Å². The average molecular weight is 258 g/mol. The number of hydrogen-bond donors (Lipinski definition) is 2. The molecular weight excluding hydrogens is 240 g/mol. The van der Waals surface area contributed by atoms with Crippen molar-refractivity contribution in [3.05, 3.63) is 36.0 Å². The summed E-state index contributed by atoms with van der Waals surface area (Å²) in [6.45, 7) is 0.432. The second-order valence-electron chi connectivity index (χ2n) is 5.08. The van der Waals surface area contributed by atoms with E-state index in [1.54, 1.807) is 4.90 Å². The molecule has 0 spiro atoms. The fourth-order valence-corrected chi connectivity index (χ4v) is 2.60. The molecular formula is C15H18N2O2. The lowest BCUT2D eigenvalue weighted by molar-refractivity contribution is 0.0521. The van der Waals surface area contributed by atoms with Crippen molar-refractivity contribution >= 4 is 16.8 Å². The molecule has 1 aromatic heterocycles. The Bertz CT molecular complexity index is 554. The Morgan fingerprint density at radius 1 is 1.37 bits per heavy atom. The van der Waals surface area contributed by atoms with Crippen LogP contribution >= 0.6 is 0 Å². The maximum Gasteiger partial charge on any atom is 0.270 e. The molecule has 2 aromatic rings. The minimum Gasteiger partial charge on any atom is -0.395 e. The molecule has 0 atom stereocenters. The third-order valence-corrected chi connectivity index (χ3v) is 3.88. The first-order valence-electron chi connectivity index (χ1n) is 6.79. The molecule has 1 amide bonds. The van der Waals surface area contributed by atoms with Crippen molar-refractivity contribution in [3.8, 4) is 0 Å². The summed E-state index contributed by atoms with van der Waals surface area (Å²) in [6.07, 6.45) is 3.27. The van der Waals surface area contributed by atoms with Crippen LogP contribution in [-0.2, 0) is 0 Å². The summed E-state index contributed by atoms with van der Waals surface area (Å²) in [6, 6.07) is 10.0. The first kappa shape index (κ1) is 12.2. The van der Waals surface area contributed by atoms with Crippen LogP contribution in [0.1, 0.15) is 29.8 Å². The lowest BCUT2D eigenvalue weighted by Gasteiger charge is -2.37. The minimum atomic E-state index is -0.00468. The fourth-order valence-electron chi connectivity index (χ4n) is 2.60. The summed E-state index contributed by atoms with van der Waals surface area (Å²) in [5, 5.41) is 10.2. The van der Waals surface area contributed by atoms with Crippen molar-refractivity contribution in [1.29, 1.82) is 0 Å². The standard InChI is InChI=1S/C15H18N2O2/c18-9-8-17(12-5-3-6-12)15(19)14-10-11-4-1-2-7-13(11)16-14/h1-2,4,7,10,12,16,18H,3,5-6,8-9H2. The average Bonchev–Trinajstić information content (AvgIpc) is 2.79. The van der Waals surface area contributed by atoms with Gasteiger partial charge in [-0.25, -0.2) is 0 Å². The summed E-state index contributed by atoms with van der Waals surface area (Å²) in [5.74, 6) is -0.00468. The number of aliphatic hydroxyl groups is 1. The van der Waals surface area contributed by atoms with E-state index < -0.39 is 0 Å². The van der Waals surface area contributed by atoms with Crippen LogP contribution in [0.5, 0.6) is 0 Å². The summed E-state index contributed by atoms with van der Waals surface area (Å²) >= 11 is 0. The van der Waals surface area contributed by atoms with E-state index in [0.29, 0.717) is 18.3 Å². The Balaban J connectivity index is 1.87. The molecule has 2 N–H and O–H groups in total. The summed E-state index contributed by atoms with van der Waals surface area (Å²) in [4.78, 5) is 17.5. The van der Waals surface area contributed by atoms with Gasteiger partial charge in [-0.1, -0.05) is 18.2 Å². The Kier molecular flexibility index (Phi) is 3.25. The zero-order chi connectivity index (χ0) is 13.2. The largest absolute Gasteiger partial charge is 0.395 e. The van der Waals surface area contributed by atoms with Crippen LogP contribution in [0.25, 0.3) is 10.9 Å². The predicted molar refractivity (Wildman–Crippen MR) is 74.1 cm³/mol. The number of aliphatic hydroxyl groups excluding tert-OH is 1. The SMILES string of the molecule is O=C(c1cc2ccccc2[nH]1)N(CCO)C1CCC1. The molecule has 1 aromatic carbocycles. The number of aromatic nitrogens is 1. The van der Waals surface area contributed by atoms with Gasteiger partial charge in [0.15, 0.2) is 0 Å². The molecule has 1 aliphatic carbocycles. The van der Waals surface area contributed by atoms with Crippen LogP contribution in [0.2, 0.25) is 0 Å². The first-order chi connectivity index (χ1) is 9.29. The van der Waals surface area contributed by atoms with E-state index >= 15 is 0 Å². The molecule has 1 saturated carbocycles. The van der Waals surface area contributed by atoms with E-state index in [1.165, 1.54) is 6.42 Å². The summed E-state index contributed by atoms with van der Waals surface area (Å²) in [5.41, 5.74) is 1.59. The van der Waals surface area contributed by atoms with Crippen LogP contribution in [0.15, 0.2) is 30.3 Å². The van der Waals surface area contributed by atoms with Crippen LogP contribution in [-0.4, -0.2) is 40.1 Å². The molecule has 0 saturated heterocycles. The highest BCUT2D eigenvalue weighted by Crippen LogP contribution is 2.26. The zero-order valence-corrected chi connectivity index (χ0v) is 10.8. The maximum atomic E-state index is 12.5. The number of fused-ring (bicyclic) bond motifs is 1. The lowest BCUT2D eigenvalue weighted by Crippen LogP contribution is -2.45. The molecule has 4 heteroatoms. The third-order valence-electron chi connectivity index (χ3n) is 3.88. The predicted octanol–water partition coefficient (Wildman–Crippen LogP) is 2.15. The number of amides is 1. The molecule has 0 bridgehead atoms. The number of nitrogens with one attached hydrogen (secondary N) is 1. The fraction of sp³-hybridized carbons (Fsp3) is 0.400. The highest BCUT2D eigenvalue weighted by atomic mass is 16.3. The van der Waals surface area contributed by atoms with Crippen LogP contribution in [0.3, 0.4) is 0 Å². The summed E-state index contributed by atoms with van der Waals surface area (Å²) in [7, 11) is 0. The molecule has 3 rings (SSSR count). The smallest absolute Gasteiger partial charge is 0.270 e. The van der Waals surface area contributed by atoms with E-state index in [-0.39, 0.29) is 12.5 Å². The number of carbonyl (C=O) groups excluding carboxylic acids is 1. The van der Waals surface area contributed by atoms with Gasteiger partial charge in [0.2, 0.25) is 0 Å². The van der Waals surface area contributed by atoms with Gasteiger partial charge in [0, 0.05) is 23.5 Å². The Morgan fingerprint density at radius 2 is 2.16 bits per heavy atom. The first-order valence-corrected chi connectivity index (χ1v) is 6.79. The molecule has 100 valence electrons. The number of rotatable bonds is 4. The van der Waals surface area contributed by atoms with Crippen molar-refractivity contribution < 1.29 is 9.90 Å². The maximum absolute atomic E-state index is 12.5.